The van der Waals surface area contributed by atoms with Crippen molar-refractivity contribution in [2.75, 3.05) is 6.61 Å². The Bertz CT molecular complexity index is 423. The molecule has 104 valence electrons. The van der Waals surface area contributed by atoms with E-state index in [1.165, 1.54) is 0 Å². The molecule has 4 nitrogen and oxygen atoms in total. The SMILES string of the molecule is C=CCc1ccccc1OPN[C@@H](C)C(=O)OCC. The van der Waals surface area contributed by atoms with Gasteiger partial charge in [0.05, 0.1) is 6.61 Å². The topological polar surface area (TPSA) is 47.6 Å². The number of para-hydroxylation sites is 1. The maximum absolute atomic E-state index is 11.4. The maximum atomic E-state index is 11.4. The Kier molecular flexibility index (Phi) is 7.16. The molecule has 0 radical (unpaired) electrons. The predicted molar refractivity (Wildman–Crippen MR) is 78.5 cm³/mol. The molecule has 0 saturated heterocycles. The summed E-state index contributed by atoms with van der Waals surface area (Å²) >= 11 is 0. The van der Waals surface area contributed by atoms with Crippen molar-refractivity contribution in [1.82, 2.24) is 5.09 Å². The molecule has 0 heterocycles. The van der Waals surface area contributed by atoms with E-state index in [0.29, 0.717) is 6.61 Å². The van der Waals surface area contributed by atoms with Crippen molar-refractivity contribution in [2.24, 2.45) is 0 Å². The predicted octanol–water partition coefficient (Wildman–Crippen LogP) is 2.84. The number of ether oxygens (including phenoxy) is 1. The summed E-state index contributed by atoms with van der Waals surface area (Å²) in [5.74, 6) is 0.544. The first-order valence-corrected chi connectivity index (χ1v) is 7.12. The molecule has 0 aliphatic carbocycles. The van der Waals surface area contributed by atoms with Gasteiger partial charge in [0, 0.05) is 0 Å². The lowest BCUT2D eigenvalue weighted by atomic mass is 10.1. The zero-order valence-corrected chi connectivity index (χ0v) is 12.3. The molecule has 0 amide bonds. The molecule has 1 N–H and O–H groups in total. The van der Waals surface area contributed by atoms with Crippen LogP contribution in [0.15, 0.2) is 36.9 Å². The lowest BCUT2D eigenvalue weighted by Gasteiger charge is -2.14. The average molecular weight is 281 g/mol. The highest BCUT2D eigenvalue weighted by atomic mass is 31.1. The first kappa shape index (κ1) is 15.7. The smallest absolute Gasteiger partial charge is 0.323 e. The van der Waals surface area contributed by atoms with Crippen LogP contribution in [0.3, 0.4) is 0 Å². The van der Waals surface area contributed by atoms with E-state index in [9.17, 15) is 4.79 Å². The highest BCUT2D eigenvalue weighted by molar-refractivity contribution is 7.30. The third-order valence-corrected chi connectivity index (χ3v) is 3.29. The normalized spacial score (nSPS) is 12.3. The highest BCUT2D eigenvalue weighted by Gasteiger charge is 2.13. The van der Waals surface area contributed by atoms with Crippen LogP contribution >= 0.6 is 8.96 Å². The van der Waals surface area contributed by atoms with Crippen LogP contribution in [0.4, 0.5) is 0 Å². The third kappa shape index (κ3) is 5.41. The van der Waals surface area contributed by atoms with Crippen LogP contribution in [0.2, 0.25) is 0 Å². The molecule has 5 heteroatoms. The number of benzene rings is 1. The van der Waals surface area contributed by atoms with E-state index in [1.54, 1.807) is 13.8 Å². The van der Waals surface area contributed by atoms with Crippen molar-refractivity contribution in [1.29, 1.82) is 0 Å². The molecule has 1 rings (SSSR count). The van der Waals surface area contributed by atoms with Crippen molar-refractivity contribution in [2.45, 2.75) is 26.3 Å². The van der Waals surface area contributed by atoms with Gasteiger partial charge in [-0.15, -0.1) is 6.58 Å². The molecule has 1 aromatic rings. The van der Waals surface area contributed by atoms with Crippen LogP contribution in [0, 0.1) is 0 Å². The van der Waals surface area contributed by atoms with Gasteiger partial charge in [0.15, 0.2) is 0 Å². The fourth-order valence-corrected chi connectivity index (χ4v) is 2.09. The number of hydrogen-bond acceptors (Lipinski definition) is 4. The molecule has 1 unspecified atom stereocenters. The largest absolute Gasteiger partial charge is 0.465 e. The highest BCUT2D eigenvalue weighted by Crippen LogP contribution is 2.24. The van der Waals surface area contributed by atoms with E-state index in [2.05, 4.69) is 11.7 Å². The third-order valence-electron chi connectivity index (χ3n) is 2.41. The van der Waals surface area contributed by atoms with Crippen LogP contribution in [-0.4, -0.2) is 18.6 Å². The lowest BCUT2D eigenvalue weighted by Crippen LogP contribution is -2.30. The zero-order chi connectivity index (χ0) is 14.1. The summed E-state index contributed by atoms with van der Waals surface area (Å²) in [7, 11) is 0.00292. The summed E-state index contributed by atoms with van der Waals surface area (Å²) < 4.78 is 10.6. The number of esters is 1. The fourth-order valence-electron chi connectivity index (χ4n) is 1.43. The average Bonchev–Trinajstić information content (AvgIpc) is 2.41. The van der Waals surface area contributed by atoms with Crippen LogP contribution in [-0.2, 0) is 16.0 Å². The van der Waals surface area contributed by atoms with Gasteiger partial charge in [0.1, 0.15) is 20.7 Å². The molecule has 1 aromatic carbocycles. The second-order valence-electron chi connectivity index (χ2n) is 3.92. The van der Waals surface area contributed by atoms with Crippen molar-refractivity contribution in [3.05, 3.63) is 42.5 Å². The summed E-state index contributed by atoms with van der Waals surface area (Å²) in [5.41, 5.74) is 1.08. The van der Waals surface area contributed by atoms with E-state index in [0.717, 1.165) is 17.7 Å². The van der Waals surface area contributed by atoms with Crippen LogP contribution < -0.4 is 9.61 Å². The maximum Gasteiger partial charge on any atom is 0.323 e. The van der Waals surface area contributed by atoms with Crippen LogP contribution in [0.1, 0.15) is 19.4 Å². The lowest BCUT2D eigenvalue weighted by molar-refractivity contribution is -0.144. The van der Waals surface area contributed by atoms with E-state index in [-0.39, 0.29) is 21.0 Å². The number of carbonyl (C=O) groups is 1. The molecule has 0 aromatic heterocycles. The molecule has 19 heavy (non-hydrogen) atoms. The van der Waals surface area contributed by atoms with Crippen LogP contribution in [0.5, 0.6) is 5.75 Å². The number of carbonyl (C=O) groups excluding carboxylic acids is 1. The van der Waals surface area contributed by atoms with Gasteiger partial charge in [0.25, 0.3) is 0 Å². The minimum atomic E-state index is -0.371. The molecular formula is C14H20NO3P. The minimum Gasteiger partial charge on any atom is -0.465 e. The number of rotatable bonds is 8. The summed E-state index contributed by atoms with van der Waals surface area (Å²) in [4.78, 5) is 11.4. The van der Waals surface area contributed by atoms with Gasteiger partial charge >= 0.3 is 5.97 Å². The second kappa shape index (κ2) is 8.68. The fraction of sp³-hybridized carbons (Fsp3) is 0.357. The van der Waals surface area contributed by atoms with Gasteiger partial charge in [-0.2, -0.15) is 0 Å². The number of nitrogens with one attached hydrogen (secondary N) is 1. The Hall–Kier alpha value is -1.38. The Morgan fingerprint density at radius 1 is 1.53 bits per heavy atom. The second-order valence-corrected chi connectivity index (χ2v) is 4.62. The van der Waals surface area contributed by atoms with E-state index in [1.807, 2.05) is 30.3 Å². The number of allylic oxidation sites excluding steroid dienone is 1. The summed E-state index contributed by atoms with van der Waals surface area (Å²) in [6.45, 7) is 7.65. The summed E-state index contributed by atoms with van der Waals surface area (Å²) in [6.07, 6.45) is 2.59. The van der Waals surface area contributed by atoms with Gasteiger partial charge < -0.3 is 9.26 Å². The Balaban J connectivity index is 2.44. The van der Waals surface area contributed by atoms with E-state index in [4.69, 9.17) is 9.26 Å². The summed E-state index contributed by atoms with van der Waals surface area (Å²) in [6, 6.07) is 7.41. The Labute approximate surface area is 116 Å². The molecule has 0 aliphatic heterocycles. The molecule has 0 aliphatic rings. The van der Waals surface area contributed by atoms with Crippen molar-refractivity contribution in [3.63, 3.8) is 0 Å². The molecular weight excluding hydrogens is 261 g/mol. The van der Waals surface area contributed by atoms with Crippen LogP contribution in [0.25, 0.3) is 0 Å². The Morgan fingerprint density at radius 2 is 2.26 bits per heavy atom. The van der Waals surface area contributed by atoms with Gasteiger partial charge in [-0.05, 0) is 31.9 Å². The molecule has 0 bridgehead atoms. The van der Waals surface area contributed by atoms with Gasteiger partial charge in [-0.3, -0.25) is 9.88 Å². The van der Waals surface area contributed by atoms with Gasteiger partial charge in [-0.25, -0.2) is 0 Å². The molecule has 2 atom stereocenters. The molecule has 0 fully saturated rings. The first-order valence-electron chi connectivity index (χ1n) is 6.21. The standard InChI is InChI=1S/C14H20NO3P/c1-4-8-12-9-6-7-10-13(12)18-19-15-11(3)14(16)17-5-2/h4,6-7,9-11,15,19H,1,5,8H2,2-3H3/t11-/m0/s1. The van der Waals surface area contributed by atoms with Gasteiger partial charge in [0.2, 0.25) is 0 Å². The van der Waals surface area contributed by atoms with Gasteiger partial charge in [-0.1, -0.05) is 24.3 Å². The van der Waals surface area contributed by atoms with Crippen molar-refractivity contribution >= 4 is 14.9 Å². The Morgan fingerprint density at radius 3 is 2.95 bits per heavy atom. The zero-order valence-electron chi connectivity index (χ0n) is 11.3. The van der Waals surface area contributed by atoms with E-state index >= 15 is 0 Å². The minimum absolute atomic E-state index is 0.00292. The quantitative estimate of drug-likeness (QED) is 0.452. The van der Waals surface area contributed by atoms with Crippen molar-refractivity contribution in [3.8, 4) is 5.75 Å². The first-order chi connectivity index (χ1) is 9.19. The number of hydrogen-bond donors (Lipinski definition) is 1. The molecule has 0 saturated carbocycles. The molecule has 0 spiro atoms. The monoisotopic (exact) mass is 281 g/mol. The summed E-state index contributed by atoms with van der Waals surface area (Å²) in [5, 5.41) is 2.99. The van der Waals surface area contributed by atoms with E-state index < -0.39 is 0 Å². The van der Waals surface area contributed by atoms with Crippen molar-refractivity contribution < 1.29 is 14.1 Å².